The maximum absolute atomic E-state index is 13.6. The van der Waals surface area contributed by atoms with Crippen molar-refractivity contribution < 1.29 is 18.7 Å². The fourth-order valence-electron chi connectivity index (χ4n) is 2.54. The summed E-state index contributed by atoms with van der Waals surface area (Å²) < 4.78 is 19.7. The SMILES string of the molecule is CCn1nc(C(=O)Nc2nc(C)c(C(=O)OC)s2)c(=O)c2cc(F)ccc21. The van der Waals surface area contributed by atoms with Crippen molar-refractivity contribution in [3.63, 3.8) is 0 Å². The van der Waals surface area contributed by atoms with Crippen LogP contribution in [0.1, 0.15) is 32.8 Å². The summed E-state index contributed by atoms with van der Waals surface area (Å²) in [4.78, 5) is 41.2. The standard InChI is InChI=1S/C17H15FN4O4S/c1-4-22-11-6-5-9(18)7-10(11)13(23)12(21-22)15(24)20-17-19-8(2)14(27-17)16(25)26-3/h5-7H,4H2,1-3H3,(H,19,20,24). The van der Waals surface area contributed by atoms with E-state index < -0.39 is 23.1 Å². The Hall–Kier alpha value is -3.14. The molecule has 0 bridgehead atoms. The second-order valence-electron chi connectivity index (χ2n) is 5.53. The molecule has 0 aliphatic rings. The van der Waals surface area contributed by atoms with Gasteiger partial charge in [0.25, 0.3) is 5.91 Å². The van der Waals surface area contributed by atoms with Crippen LogP contribution >= 0.6 is 11.3 Å². The Morgan fingerprint density at radius 2 is 2.11 bits per heavy atom. The third-order valence-electron chi connectivity index (χ3n) is 3.82. The number of hydrogen-bond acceptors (Lipinski definition) is 7. The molecule has 0 atom stereocenters. The average Bonchev–Trinajstić information content (AvgIpc) is 3.01. The first kappa shape index (κ1) is 18.6. The first-order chi connectivity index (χ1) is 12.8. The van der Waals surface area contributed by atoms with Crippen LogP contribution < -0.4 is 10.7 Å². The van der Waals surface area contributed by atoms with Gasteiger partial charge in [-0.1, -0.05) is 11.3 Å². The average molecular weight is 390 g/mol. The van der Waals surface area contributed by atoms with Crippen molar-refractivity contribution in [1.29, 1.82) is 0 Å². The van der Waals surface area contributed by atoms with Gasteiger partial charge in [-0.15, -0.1) is 0 Å². The minimum atomic E-state index is -0.793. The number of carbonyl (C=O) groups excluding carboxylic acids is 2. The largest absolute Gasteiger partial charge is 0.465 e. The molecule has 0 saturated carbocycles. The molecule has 3 rings (SSSR count). The smallest absolute Gasteiger partial charge is 0.350 e. The molecule has 0 aliphatic heterocycles. The van der Waals surface area contributed by atoms with E-state index in [4.69, 9.17) is 0 Å². The highest BCUT2D eigenvalue weighted by atomic mass is 32.1. The summed E-state index contributed by atoms with van der Waals surface area (Å²) in [7, 11) is 1.24. The van der Waals surface area contributed by atoms with Gasteiger partial charge >= 0.3 is 5.97 Å². The van der Waals surface area contributed by atoms with Gasteiger partial charge in [-0.3, -0.25) is 19.6 Å². The summed E-state index contributed by atoms with van der Waals surface area (Å²) in [5, 5.41) is 6.73. The van der Waals surface area contributed by atoms with Crippen molar-refractivity contribution in [3.05, 3.63) is 50.5 Å². The molecule has 0 unspecified atom stereocenters. The number of benzene rings is 1. The minimum Gasteiger partial charge on any atom is -0.465 e. The number of ether oxygens (including phenoxy) is 1. The van der Waals surface area contributed by atoms with Gasteiger partial charge in [0, 0.05) is 6.54 Å². The second kappa shape index (κ2) is 7.23. The predicted octanol–water partition coefficient (Wildman–Crippen LogP) is 2.36. The third kappa shape index (κ3) is 3.43. The Morgan fingerprint density at radius 3 is 2.78 bits per heavy atom. The fraction of sp³-hybridized carbons (Fsp3) is 0.235. The highest BCUT2D eigenvalue weighted by molar-refractivity contribution is 7.17. The third-order valence-corrected chi connectivity index (χ3v) is 4.87. The lowest BCUT2D eigenvalue weighted by atomic mass is 10.2. The van der Waals surface area contributed by atoms with E-state index in [1.807, 2.05) is 0 Å². The van der Waals surface area contributed by atoms with Gasteiger partial charge in [0.2, 0.25) is 5.43 Å². The van der Waals surface area contributed by atoms with Crippen molar-refractivity contribution in [1.82, 2.24) is 14.8 Å². The van der Waals surface area contributed by atoms with Crippen molar-refractivity contribution in [2.45, 2.75) is 20.4 Å². The first-order valence-corrected chi connectivity index (χ1v) is 8.74. The monoisotopic (exact) mass is 390 g/mol. The number of carbonyl (C=O) groups is 2. The van der Waals surface area contributed by atoms with Crippen LogP contribution in [-0.2, 0) is 11.3 Å². The van der Waals surface area contributed by atoms with E-state index in [1.165, 1.54) is 23.9 Å². The molecule has 10 heteroatoms. The summed E-state index contributed by atoms with van der Waals surface area (Å²) in [6, 6.07) is 3.74. The normalized spacial score (nSPS) is 10.8. The number of fused-ring (bicyclic) bond motifs is 1. The molecule has 0 aliphatic carbocycles. The number of rotatable bonds is 4. The van der Waals surface area contributed by atoms with E-state index in [0.717, 1.165) is 17.4 Å². The number of anilines is 1. The van der Waals surface area contributed by atoms with Crippen molar-refractivity contribution in [2.24, 2.45) is 0 Å². The Kier molecular flexibility index (Phi) is 5.00. The molecule has 1 N–H and O–H groups in total. The number of nitrogens with one attached hydrogen (secondary N) is 1. The molecule has 8 nitrogen and oxygen atoms in total. The first-order valence-electron chi connectivity index (χ1n) is 7.93. The Bertz CT molecular complexity index is 1120. The number of halogens is 1. The second-order valence-corrected chi connectivity index (χ2v) is 6.53. The van der Waals surface area contributed by atoms with Crippen LogP contribution in [0.2, 0.25) is 0 Å². The Labute approximate surface area is 156 Å². The maximum atomic E-state index is 13.6. The van der Waals surface area contributed by atoms with Crippen LogP contribution in [0, 0.1) is 12.7 Å². The number of hydrogen-bond donors (Lipinski definition) is 1. The van der Waals surface area contributed by atoms with E-state index in [1.54, 1.807) is 13.8 Å². The quantitative estimate of drug-likeness (QED) is 0.686. The number of methoxy groups -OCH3 is 1. The van der Waals surface area contributed by atoms with Crippen LogP contribution in [0.15, 0.2) is 23.0 Å². The molecule has 2 heterocycles. The topological polar surface area (TPSA) is 103 Å². The molecule has 2 aromatic heterocycles. The zero-order chi connectivity index (χ0) is 19.7. The van der Waals surface area contributed by atoms with E-state index in [2.05, 4.69) is 20.1 Å². The lowest BCUT2D eigenvalue weighted by Gasteiger charge is -2.09. The Morgan fingerprint density at radius 1 is 1.37 bits per heavy atom. The zero-order valence-corrected chi connectivity index (χ0v) is 15.5. The molecule has 0 spiro atoms. The predicted molar refractivity (Wildman–Crippen MR) is 97.8 cm³/mol. The molecule has 27 heavy (non-hydrogen) atoms. The molecule has 3 aromatic rings. The number of aryl methyl sites for hydroxylation is 2. The van der Waals surface area contributed by atoms with Crippen LogP contribution in [0.5, 0.6) is 0 Å². The summed E-state index contributed by atoms with van der Waals surface area (Å²) in [5.41, 5.74) is -0.254. The van der Waals surface area contributed by atoms with E-state index in [9.17, 15) is 18.8 Å². The molecule has 0 saturated heterocycles. The highest BCUT2D eigenvalue weighted by Gasteiger charge is 2.21. The lowest BCUT2D eigenvalue weighted by Crippen LogP contribution is -2.27. The molecular weight excluding hydrogens is 375 g/mol. The summed E-state index contributed by atoms with van der Waals surface area (Å²) >= 11 is 0.923. The van der Waals surface area contributed by atoms with Crippen LogP contribution in [0.25, 0.3) is 10.9 Å². The fourth-order valence-corrected chi connectivity index (χ4v) is 3.42. The van der Waals surface area contributed by atoms with Gasteiger partial charge in [0.05, 0.1) is 23.7 Å². The molecule has 0 fully saturated rings. The number of thiazole rings is 1. The maximum Gasteiger partial charge on any atom is 0.350 e. The van der Waals surface area contributed by atoms with Crippen molar-refractivity contribution in [2.75, 3.05) is 12.4 Å². The van der Waals surface area contributed by atoms with Gasteiger partial charge in [0.1, 0.15) is 10.7 Å². The molecular formula is C17H15FN4O4S. The molecule has 0 radical (unpaired) electrons. The van der Waals surface area contributed by atoms with Crippen LogP contribution in [0.4, 0.5) is 9.52 Å². The van der Waals surface area contributed by atoms with Crippen molar-refractivity contribution >= 4 is 39.2 Å². The van der Waals surface area contributed by atoms with Gasteiger partial charge < -0.3 is 4.74 Å². The lowest BCUT2D eigenvalue weighted by molar-refractivity contribution is 0.0605. The Balaban J connectivity index is 2.02. The zero-order valence-electron chi connectivity index (χ0n) is 14.7. The molecule has 1 amide bonds. The van der Waals surface area contributed by atoms with Gasteiger partial charge in [-0.05, 0) is 32.0 Å². The van der Waals surface area contributed by atoms with Crippen LogP contribution in [-0.4, -0.2) is 33.8 Å². The van der Waals surface area contributed by atoms with E-state index in [0.29, 0.717) is 17.8 Å². The minimum absolute atomic E-state index is 0.0579. The number of esters is 1. The van der Waals surface area contributed by atoms with Gasteiger partial charge in [0.15, 0.2) is 10.8 Å². The number of nitrogens with zero attached hydrogens (tertiary/aromatic N) is 3. The summed E-state index contributed by atoms with van der Waals surface area (Å²) in [6.07, 6.45) is 0. The van der Waals surface area contributed by atoms with Gasteiger partial charge in [-0.25, -0.2) is 14.2 Å². The van der Waals surface area contributed by atoms with Crippen molar-refractivity contribution in [3.8, 4) is 0 Å². The molecule has 1 aromatic carbocycles. The van der Waals surface area contributed by atoms with Gasteiger partial charge in [-0.2, -0.15) is 5.10 Å². The van der Waals surface area contributed by atoms with E-state index in [-0.39, 0.29) is 21.1 Å². The summed E-state index contributed by atoms with van der Waals surface area (Å²) in [6.45, 7) is 3.76. The number of amides is 1. The number of aromatic nitrogens is 3. The summed E-state index contributed by atoms with van der Waals surface area (Å²) in [5.74, 6) is -1.95. The highest BCUT2D eigenvalue weighted by Crippen LogP contribution is 2.23. The van der Waals surface area contributed by atoms with Crippen LogP contribution in [0.3, 0.4) is 0 Å². The molecule has 140 valence electrons. The van der Waals surface area contributed by atoms with E-state index >= 15 is 0 Å².